The van der Waals surface area contributed by atoms with Gasteiger partial charge in [0.15, 0.2) is 0 Å². The summed E-state index contributed by atoms with van der Waals surface area (Å²) >= 11 is 0. The molecule has 182 valence electrons. The third-order valence-corrected chi connectivity index (χ3v) is 5.65. The van der Waals surface area contributed by atoms with E-state index in [0.29, 0.717) is 30.3 Å². The Morgan fingerprint density at radius 2 is 2.09 bits per heavy atom. The minimum atomic E-state index is -0.596. The van der Waals surface area contributed by atoms with Gasteiger partial charge >= 0.3 is 6.09 Å². The molecule has 0 saturated carbocycles. The molecule has 0 bridgehead atoms. The molecule has 1 aliphatic heterocycles. The molecular weight excluding hydrogens is 437 g/mol. The fourth-order valence-electron chi connectivity index (χ4n) is 4.08. The molecule has 34 heavy (non-hydrogen) atoms. The van der Waals surface area contributed by atoms with Gasteiger partial charge in [0.05, 0.1) is 19.3 Å². The first kappa shape index (κ1) is 23.9. The number of H-pyrrole nitrogens is 1. The van der Waals surface area contributed by atoms with Gasteiger partial charge in [-0.2, -0.15) is 0 Å². The molecule has 3 aromatic rings. The number of methoxy groups -OCH3 is 1. The van der Waals surface area contributed by atoms with E-state index in [9.17, 15) is 9.18 Å². The molecule has 2 aromatic carbocycles. The molecular formula is C26H32FN3O4. The van der Waals surface area contributed by atoms with Gasteiger partial charge in [-0.3, -0.25) is 4.90 Å². The molecule has 7 nitrogen and oxygen atoms in total. The highest BCUT2D eigenvalue weighted by Gasteiger charge is 2.33. The van der Waals surface area contributed by atoms with Crippen molar-refractivity contribution in [1.29, 1.82) is 0 Å². The van der Waals surface area contributed by atoms with Crippen molar-refractivity contribution >= 4 is 22.7 Å². The molecule has 0 spiro atoms. The number of aromatic nitrogens is 1. The van der Waals surface area contributed by atoms with Crippen LogP contribution in [-0.4, -0.2) is 49.5 Å². The lowest BCUT2D eigenvalue weighted by atomic mass is 10.1. The molecule has 8 heteroatoms. The first-order chi connectivity index (χ1) is 16.2. The van der Waals surface area contributed by atoms with Crippen molar-refractivity contribution in [2.24, 2.45) is 0 Å². The van der Waals surface area contributed by atoms with Gasteiger partial charge in [0.1, 0.15) is 29.0 Å². The maximum atomic E-state index is 13.6. The van der Waals surface area contributed by atoms with E-state index in [1.165, 1.54) is 6.07 Å². The van der Waals surface area contributed by atoms with E-state index in [4.69, 9.17) is 14.2 Å². The van der Waals surface area contributed by atoms with Crippen LogP contribution in [0.15, 0.2) is 42.6 Å². The minimum Gasteiger partial charge on any atom is -0.497 e. The summed E-state index contributed by atoms with van der Waals surface area (Å²) in [4.78, 5) is 17.7. The monoisotopic (exact) mass is 469 g/mol. The number of aromatic amines is 1. The van der Waals surface area contributed by atoms with Crippen LogP contribution in [0, 0.1) is 5.82 Å². The average Bonchev–Trinajstić information content (AvgIpc) is 3.18. The van der Waals surface area contributed by atoms with Crippen LogP contribution in [0.5, 0.6) is 11.5 Å². The molecule has 0 aliphatic carbocycles. The maximum absolute atomic E-state index is 13.6. The maximum Gasteiger partial charge on any atom is 0.415 e. The van der Waals surface area contributed by atoms with Gasteiger partial charge in [0.25, 0.3) is 0 Å². The molecule has 1 atom stereocenters. The highest BCUT2D eigenvalue weighted by molar-refractivity contribution is 5.90. The summed E-state index contributed by atoms with van der Waals surface area (Å²) in [6.07, 6.45) is 3.01. The average molecular weight is 470 g/mol. The number of carbonyl (C=O) groups excluding carboxylic acids is 1. The van der Waals surface area contributed by atoms with E-state index in [-0.39, 0.29) is 11.9 Å². The number of anilines is 1. The lowest BCUT2D eigenvalue weighted by molar-refractivity contribution is 0.0547. The second-order valence-electron chi connectivity index (χ2n) is 9.48. The quantitative estimate of drug-likeness (QED) is 0.474. The second kappa shape index (κ2) is 9.93. The topological polar surface area (TPSA) is 75.8 Å². The number of halogens is 1. The van der Waals surface area contributed by atoms with E-state index < -0.39 is 11.7 Å². The van der Waals surface area contributed by atoms with Crippen molar-refractivity contribution in [2.75, 3.05) is 31.6 Å². The van der Waals surface area contributed by atoms with E-state index in [1.807, 2.05) is 33.0 Å². The Kier molecular flexibility index (Phi) is 6.97. The highest BCUT2D eigenvalue weighted by atomic mass is 19.1. The predicted molar refractivity (Wildman–Crippen MR) is 130 cm³/mol. The summed E-state index contributed by atoms with van der Waals surface area (Å²) in [5.41, 5.74) is 2.11. The number of nitrogens with one attached hydrogen (secondary N) is 2. The van der Waals surface area contributed by atoms with Crippen LogP contribution in [0.1, 0.15) is 32.8 Å². The number of fused-ring (bicyclic) bond motifs is 2. The smallest absolute Gasteiger partial charge is 0.415 e. The Hall–Kier alpha value is -3.26. The zero-order valence-electron chi connectivity index (χ0n) is 20.1. The summed E-state index contributed by atoms with van der Waals surface area (Å²) in [6.45, 7) is 7.25. The van der Waals surface area contributed by atoms with E-state index in [1.54, 1.807) is 36.3 Å². The summed E-state index contributed by atoms with van der Waals surface area (Å²) in [7, 11) is 1.59. The van der Waals surface area contributed by atoms with E-state index in [0.717, 1.165) is 35.9 Å². The number of amides is 1. The van der Waals surface area contributed by atoms with Gasteiger partial charge in [-0.15, -0.1) is 0 Å². The number of aryl methyl sites for hydroxylation is 1. The van der Waals surface area contributed by atoms with Crippen molar-refractivity contribution in [1.82, 2.24) is 10.3 Å². The third kappa shape index (κ3) is 5.62. The molecule has 0 fully saturated rings. The zero-order valence-corrected chi connectivity index (χ0v) is 20.1. The summed E-state index contributed by atoms with van der Waals surface area (Å²) in [6, 6.07) is 10.2. The normalized spacial score (nSPS) is 15.7. The molecule has 1 amide bonds. The lowest BCUT2D eigenvalue weighted by Gasteiger charge is -2.36. The Morgan fingerprint density at radius 3 is 2.85 bits per heavy atom. The Balaban J connectivity index is 1.35. The lowest BCUT2D eigenvalue weighted by Crippen LogP contribution is -2.49. The van der Waals surface area contributed by atoms with E-state index >= 15 is 0 Å². The standard InChI is InChI=1S/C26H32FN3O4/c1-26(2,3)34-25(31)30-16-20(33-24-13-19(32-4)8-10-23(24)30)15-28-11-5-6-17-14-29-22-9-7-18(27)12-21(17)22/h7-10,12-14,20,28-29H,5-6,11,15-16H2,1-4H3. The number of nitrogens with zero attached hydrogens (tertiary/aromatic N) is 1. The summed E-state index contributed by atoms with van der Waals surface area (Å²) in [5, 5.41) is 4.35. The minimum absolute atomic E-state index is 0.229. The third-order valence-electron chi connectivity index (χ3n) is 5.65. The van der Waals surface area contributed by atoms with Crippen LogP contribution in [0.4, 0.5) is 14.9 Å². The van der Waals surface area contributed by atoms with Crippen LogP contribution in [0.25, 0.3) is 10.9 Å². The molecule has 2 heterocycles. The van der Waals surface area contributed by atoms with Crippen LogP contribution in [0.2, 0.25) is 0 Å². The van der Waals surface area contributed by atoms with Crippen LogP contribution in [0.3, 0.4) is 0 Å². The molecule has 2 N–H and O–H groups in total. The Morgan fingerprint density at radius 1 is 1.26 bits per heavy atom. The van der Waals surface area contributed by atoms with Crippen molar-refractivity contribution in [3.8, 4) is 11.5 Å². The van der Waals surface area contributed by atoms with Gasteiger partial charge < -0.3 is 24.5 Å². The number of hydrogen-bond donors (Lipinski definition) is 2. The number of ether oxygens (including phenoxy) is 3. The van der Waals surface area contributed by atoms with Gasteiger partial charge in [0, 0.05) is 29.7 Å². The highest BCUT2D eigenvalue weighted by Crippen LogP contribution is 2.37. The van der Waals surface area contributed by atoms with Crippen molar-refractivity contribution in [3.63, 3.8) is 0 Å². The molecule has 0 saturated heterocycles. The van der Waals surface area contributed by atoms with Crippen molar-refractivity contribution in [3.05, 3.63) is 54.0 Å². The molecule has 1 unspecified atom stereocenters. The van der Waals surface area contributed by atoms with Crippen molar-refractivity contribution < 1.29 is 23.4 Å². The fourth-order valence-corrected chi connectivity index (χ4v) is 4.08. The van der Waals surface area contributed by atoms with Gasteiger partial charge in [0.2, 0.25) is 0 Å². The van der Waals surface area contributed by atoms with Crippen molar-refractivity contribution in [2.45, 2.75) is 45.3 Å². The zero-order chi connectivity index (χ0) is 24.3. The van der Waals surface area contributed by atoms with Crippen LogP contribution < -0.4 is 19.7 Å². The molecule has 1 aromatic heterocycles. The molecule has 4 rings (SSSR count). The van der Waals surface area contributed by atoms with Gasteiger partial charge in [-0.25, -0.2) is 9.18 Å². The Bertz CT molecular complexity index is 1150. The van der Waals surface area contributed by atoms with Gasteiger partial charge in [-0.05, 0) is 76.1 Å². The Labute approximate surface area is 199 Å². The SMILES string of the molecule is COc1ccc2c(c1)OC(CNCCCc1c[nH]c3ccc(F)cc13)CN2C(=O)OC(C)(C)C. The second-order valence-corrected chi connectivity index (χ2v) is 9.48. The summed E-state index contributed by atoms with van der Waals surface area (Å²) < 4.78 is 30.7. The number of carbonyl (C=O) groups is 1. The first-order valence-electron chi connectivity index (χ1n) is 11.5. The molecule has 1 aliphatic rings. The number of hydrogen-bond acceptors (Lipinski definition) is 5. The predicted octanol–water partition coefficient (Wildman–Crippen LogP) is 5.04. The van der Waals surface area contributed by atoms with Crippen LogP contribution >= 0.6 is 0 Å². The van der Waals surface area contributed by atoms with E-state index in [2.05, 4.69) is 10.3 Å². The fraction of sp³-hybridized carbons (Fsp3) is 0.423. The largest absolute Gasteiger partial charge is 0.497 e. The molecule has 0 radical (unpaired) electrons. The number of rotatable bonds is 7. The van der Waals surface area contributed by atoms with Crippen LogP contribution in [-0.2, 0) is 11.2 Å². The summed E-state index contributed by atoms with van der Waals surface area (Å²) in [5.74, 6) is 1.02. The first-order valence-corrected chi connectivity index (χ1v) is 11.5. The van der Waals surface area contributed by atoms with Gasteiger partial charge in [-0.1, -0.05) is 0 Å². The number of benzene rings is 2.